The lowest BCUT2D eigenvalue weighted by Crippen LogP contribution is -2.39. The second-order valence-electron chi connectivity index (χ2n) is 6.57. The minimum Gasteiger partial charge on any atom is -0.348 e. The highest BCUT2D eigenvalue weighted by Crippen LogP contribution is 2.18. The molecule has 0 aliphatic heterocycles. The molecule has 0 unspecified atom stereocenters. The summed E-state index contributed by atoms with van der Waals surface area (Å²) < 4.78 is 1.57. The van der Waals surface area contributed by atoms with Crippen molar-refractivity contribution in [2.45, 2.75) is 52.1 Å². The van der Waals surface area contributed by atoms with Crippen LogP contribution in [0.1, 0.15) is 50.0 Å². The number of pyridine rings is 1. The van der Waals surface area contributed by atoms with Crippen molar-refractivity contribution < 1.29 is 4.79 Å². The van der Waals surface area contributed by atoms with Crippen LogP contribution in [-0.2, 0) is 6.54 Å². The summed E-state index contributed by atoms with van der Waals surface area (Å²) in [6.07, 6.45) is 5.83. The van der Waals surface area contributed by atoms with Gasteiger partial charge in [-0.1, -0.05) is 26.7 Å². The third kappa shape index (κ3) is 3.25. The Hall–Kier alpha value is -2.24. The Morgan fingerprint density at radius 3 is 2.83 bits per heavy atom. The first kappa shape index (κ1) is 15.6. The number of carbonyl (C=O) groups is 1. The minimum absolute atomic E-state index is 0.0296. The lowest BCUT2D eigenvalue weighted by molar-refractivity contribution is 0.0930. The van der Waals surface area contributed by atoms with Gasteiger partial charge in [0.15, 0.2) is 11.3 Å². The molecule has 0 saturated heterocycles. The molecule has 6 nitrogen and oxygen atoms in total. The van der Waals surface area contributed by atoms with E-state index in [2.05, 4.69) is 15.3 Å². The van der Waals surface area contributed by atoms with E-state index in [0.717, 1.165) is 25.7 Å². The van der Waals surface area contributed by atoms with Crippen LogP contribution in [0.5, 0.6) is 0 Å². The van der Waals surface area contributed by atoms with Crippen LogP contribution in [0.4, 0.5) is 0 Å². The molecule has 122 valence electrons. The van der Waals surface area contributed by atoms with Gasteiger partial charge in [-0.05, 0) is 30.9 Å². The molecule has 23 heavy (non-hydrogen) atoms. The van der Waals surface area contributed by atoms with E-state index < -0.39 is 0 Å². The quantitative estimate of drug-likeness (QED) is 0.938. The molecule has 3 rings (SSSR count). The second kappa shape index (κ2) is 6.48. The molecule has 0 aromatic carbocycles. The summed E-state index contributed by atoms with van der Waals surface area (Å²) in [5, 5.41) is 2.95. The van der Waals surface area contributed by atoms with Gasteiger partial charge in [-0.2, -0.15) is 0 Å². The van der Waals surface area contributed by atoms with E-state index in [9.17, 15) is 9.59 Å². The van der Waals surface area contributed by atoms with Gasteiger partial charge < -0.3 is 5.32 Å². The van der Waals surface area contributed by atoms with E-state index in [1.165, 1.54) is 0 Å². The number of amides is 1. The van der Waals surface area contributed by atoms with Gasteiger partial charge in [0.1, 0.15) is 5.52 Å². The van der Waals surface area contributed by atoms with E-state index in [-0.39, 0.29) is 29.1 Å². The standard InChI is InChI=1S/C17H22N4O2/c1-11(2)10-21-15-13(8-5-9-18-15)20-14(17(21)23)16(22)19-12-6-3-4-7-12/h5,8-9,11-12H,3-4,6-7,10H2,1-2H3,(H,19,22). The Morgan fingerprint density at radius 1 is 1.39 bits per heavy atom. The number of nitrogens with one attached hydrogen (secondary N) is 1. The first-order valence-corrected chi connectivity index (χ1v) is 8.22. The molecule has 0 radical (unpaired) electrons. The zero-order valence-electron chi connectivity index (χ0n) is 13.6. The fourth-order valence-electron chi connectivity index (χ4n) is 3.08. The van der Waals surface area contributed by atoms with Crippen molar-refractivity contribution in [3.63, 3.8) is 0 Å². The summed E-state index contributed by atoms with van der Waals surface area (Å²) >= 11 is 0. The van der Waals surface area contributed by atoms with Crippen molar-refractivity contribution in [1.29, 1.82) is 0 Å². The van der Waals surface area contributed by atoms with Gasteiger partial charge in [0, 0.05) is 18.8 Å². The molecular weight excluding hydrogens is 292 g/mol. The molecule has 0 atom stereocenters. The first-order valence-electron chi connectivity index (χ1n) is 8.22. The van der Waals surface area contributed by atoms with Crippen LogP contribution < -0.4 is 10.9 Å². The molecule has 1 aliphatic carbocycles. The molecule has 1 saturated carbocycles. The SMILES string of the molecule is CC(C)Cn1c(=O)c(C(=O)NC2CCCC2)nc2cccnc21. The summed E-state index contributed by atoms with van der Waals surface area (Å²) in [5.74, 6) is -0.101. The van der Waals surface area contributed by atoms with Crippen LogP contribution in [-0.4, -0.2) is 26.5 Å². The third-order valence-corrected chi connectivity index (χ3v) is 4.15. The summed E-state index contributed by atoms with van der Waals surface area (Å²) in [4.78, 5) is 33.8. The Balaban J connectivity index is 2.04. The van der Waals surface area contributed by atoms with Crippen LogP contribution in [0, 0.1) is 5.92 Å². The molecular formula is C17H22N4O2. The Bertz CT molecular complexity index is 776. The Kier molecular flexibility index (Phi) is 4.41. The largest absolute Gasteiger partial charge is 0.348 e. The predicted molar refractivity (Wildman–Crippen MR) is 88.4 cm³/mol. The number of rotatable bonds is 4. The minimum atomic E-state index is -0.370. The maximum absolute atomic E-state index is 12.7. The monoisotopic (exact) mass is 314 g/mol. The normalized spacial score (nSPS) is 15.4. The Labute approximate surface area is 134 Å². The van der Waals surface area contributed by atoms with Gasteiger partial charge in [0.2, 0.25) is 0 Å². The molecule has 6 heteroatoms. The zero-order chi connectivity index (χ0) is 16.4. The van der Waals surface area contributed by atoms with Crippen LogP contribution in [0.25, 0.3) is 11.2 Å². The maximum atomic E-state index is 12.7. The summed E-state index contributed by atoms with van der Waals surface area (Å²) in [6, 6.07) is 3.70. The fraction of sp³-hybridized carbons (Fsp3) is 0.529. The van der Waals surface area contributed by atoms with Crippen molar-refractivity contribution in [1.82, 2.24) is 19.9 Å². The highest BCUT2D eigenvalue weighted by atomic mass is 16.2. The van der Waals surface area contributed by atoms with Crippen molar-refractivity contribution in [3.05, 3.63) is 34.4 Å². The van der Waals surface area contributed by atoms with Crippen LogP contribution in [0.15, 0.2) is 23.1 Å². The Morgan fingerprint density at radius 2 is 2.13 bits per heavy atom. The molecule has 1 aliphatic rings. The molecule has 0 spiro atoms. The number of fused-ring (bicyclic) bond motifs is 1. The van der Waals surface area contributed by atoms with Crippen LogP contribution >= 0.6 is 0 Å². The van der Waals surface area contributed by atoms with Gasteiger partial charge in [-0.25, -0.2) is 9.97 Å². The smallest absolute Gasteiger partial charge is 0.283 e. The second-order valence-corrected chi connectivity index (χ2v) is 6.57. The number of hydrogen-bond donors (Lipinski definition) is 1. The zero-order valence-corrected chi connectivity index (χ0v) is 13.6. The first-order chi connectivity index (χ1) is 11.1. The molecule has 1 fully saturated rings. The van der Waals surface area contributed by atoms with Crippen molar-refractivity contribution >= 4 is 17.1 Å². The van der Waals surface area contributed by atoms with E-state index in [1.54, 1.807) is 22.9 Å². The summed E-state index contributed by atoms with van der Waals surface area (Å²) in [7, 11) is 0. The molecule has 2 aromatic heterocycles. The average Bonchev–Trinajstić information content (AvgIpc) is 3.02. The molecule has 2 aromatic rings. The maximum Gasteiger partial charge on any atom is 0.283 e. The van der Waals surface area contributed by atoms with Crippen LogP contribution in [0.3, 0.4) is 0 Å². The predicted octanol–water partition coefficient (Wildman–Crippen LogP) is 2.12. The lowest BCUT2D eigenvalue weighted by Gasteiger charge is -2.15. The number of aromatic nitrogens is 3. The van der Waals surface area contributed by atoms with Gasteiger partial charge in [-0.3, -0.25) is 14.2 Å². The van der Waals surface area contributed by atoms with Crippen molar-refractivity contribution in [2.24, 2.45) is 5.92 Å². The molecule has 1 amide bonds. The van der Waals surface area contributed by atoms with Gasteiger partial charge in [-0.15, -0.1) is 0 Å². The van der Waals surface area contributed by atoms with E-state index in [1.807, 2.05) is 13.8 Å². The highest BCUT2D eigenvalue weighted by Gasteiger charge is 2.23. The lowest BCUT2D eigenvalue weighted by atomic mass is 10.2. The fourth-order valence-corrected chi connectivity index (χ4v) is 3.08. The topological polar surface area (TPSA) is 76.9 Å². The van der Waals surface area contributed by atoms with E-state index in [0.29, 0.717) is 17.7 Å². The van der Waals surface area contributed by atoms with Gasteiger partial charge in [0.25, 0.3) is 11.5 Å². The van der Waals surface area contributed by atoms with Gasteiger partial charge >= 0.3 is 0 Å². The number of nitrogens with zero attached hydrogens (tertiary/aromatic N) is 3. The molecule has 0 bridgehead atoms. The number of carbonyl (C=O) groups excluding carboxylic acids is 1. The molecule has 2 heterocycles. The van der Waals surface area contributed by atoms with Gasteiger partial charge in [0.05, 0.1) is 0 Å². The summed E-state index contributed by atoms with van der Waals surface area (Å²) in [6.45, 7) is 4.57. The van der Waals surface area contributed by atoms with E-state index >= 15 is 0 Å². The van der Waals surface area contributed by atoms with E-state index in [4.69, 9.17) is 0 Å². The van der Waals surface area contributed by atoms with Crippen LogP contribution in [0.2, 0.25) is 0 Å². The highest BCUT2D eigenvalue weighted by molar-refractivity contribution is 5.93. The average molecular weight is 314 g/mol. The summed E-state index contributed by atoms with van der Waals surface area (Å²) in [5.41, 5.74) is 0.714. The van der Waals surface area contributed by atoms with Crippen molar-refractivity contribution in [2.75, 3.05) is 0 Å². The molecule has 1 N–H and O–H groups in total. The van der Waals surface area contributed by atoms with Crippen molar-refractivity contribution in [3.8, 4) is 0 Å². The number of hydrogen-bond acceptors (Lipinski definition) is 4. The third-order valence-electron chi connectivity index (χ3n) is 4.15.